The second-order valence-electron chi connectivity index (χ2n) is 4.51. The summed E-state index contributed by atoms with van der Waals surface area (Å²) in [5.41, 5.74) is 2.27. The molecule has 110 valence electrons. The Morgan fingerprint density at radius 2 is 2.14 bits per heavy atom. The number of nitrogens with zero attached hydrogens (tertiary/aromatic N) is 3. The highest BCUT2D eigenvalue weighted by molar-refractivity contribution is 7.03. The molecule has 0 amide bonds. The predicted molar refractivity (Wildman–Crippen MR) is 76.3 cm³/mol. The minimum Gasteiger partial charge on any atom is -0.455 e. The third kappa shape index (κ3) is 3.05. The number of hydrogen-bond acceptors (Lipinski definition) is 7. The first kappa shape index (κ1) is 15.0. The lowest BCUT2D eigenvalue weighted by atomic mass is 10.1. The van der Waals surface area contributed by atoms with Crippen molar-refractivity contribution in [1.82, 2.24) is 9.36 Å². The molecule has 0 N–H and O–H groups in total. The molecule has 8 heteroatoms. The van der Waals surface area contributed by atoms with Crippen LogP contribution >= 0.6 is 11.5 Å². The molecule has 0 bridgehead atoms. The number of aromatic nitrogens is 2. The number of nitro groups is 1. The van der Waals surface area contributed by atoms with E-state index in [1.165, 1.54) is 17.7 Å². The Morgan fingerprint density at radius 3 is 2.71 bits per heavy atom. The highest BCUT2D eigenvalue weighted by Gasteiger charge is 2.20. The molecule has 7 nitrogen and oxygen atoms in total. The van der Waals surface area contributed by atoms with Crippen molar-refractivity contribution in [3.8, 4) is 0 Å². The maximum absolute atomic E-state index is 11.9. The van der Waals surface area contributed by atoms with E-state index in [1.807, 2.05) is 0 Å². The summed E-state index contributed by atoms with van der Waals surface area (Å²) in [5.74, 6) is -0.509. The van der Waals surface area contributed by atoms with Crippen molar-refractivity contribution in [3.63, 3.8) is 0 Å². The van der Waals surface area contributed by atoms with E-state index in [1.54, 1.807) is 26.2 Å². The minimum absolute atomic E-state index is 0.00410. The summed E-state index contributed by atoms with van der Waals surface area (Å²) in [7, 11) is 0. The van der Waals surface area contributed by atoms with Crippen LogP contribution in [-0.4, -0.2) is 20.3 Å². The van der Waals surface area contributed by atoms with Gasteiger partial charge in [0.25, 0.3) is 5.69 Å². The van der Waals surface area contributed by atoms with Gasteiger partial charge in [0.15, 0.2) is 0 Å². The molecule has 2 aromatic heterocycles. The summed E-state index contributed by atoms with van der Waals surface area (Å²) in [6, 6.07) is 0. The zero-order valence-corrected chi connectivity index (χ0v) is 12.6. The van der Waals surface area contributed by atoms with Crippen molar-refractivity contribution in [1.29, 1.82) is 0 Å². The van der Waals surface area contributed by atoms with Gasteiger partial charge in [0.1, 0.15) is 6.61 Å². The van der Waals surface area contributed by atoms with Crippen LogP contribution < -0.4 is 0 Å². The Hall–Kier alpha value is -2.35. The maximum atomic E-state index is 11.9. The average Bonchev–Trinajstić information content (AvgIpc) is 2.83. The molecule has 0 aliphatic heterocycles. The molecule has 0 spiro atoms. The van der Waals surface area contributed by atoms with Crippen molar-refractivity contribution in [2.45, 2.75) is 27.4 Å². The monoisotopic (exact) mass is 307 g/mol. The molecule has 2 aromatic rings. The molecule has 0 unspecified atom stereocenters. The van der Waals surface area contributed by atoms with Gasteiger partial charge in [-0.15, -0.1) is 0 Å². The van der Waals surface area contributed by atoms with Gasteiger partial charge < -0.3 is 4.74 Å². The molecular weight excluding hydrogens is 294 g/mol. The van der Waals surface area contributed by atoms with Crippen LogP contribution in [0.25, 0.3) is 0 Å². The molecule has 2 heterocycles. The van der Waals surface area contributed by atoms with E-state index in [2.05, 4.69) is 9.36 Å². The number of ether oxygens (including phenoxy) is 1. The first-order chi connectivity index (χ1) is 9.91. The summed E-state index contributed by atoms with van der Waals surface area (Å²) >= 11 is 1.17. The van der Waals surface area contributed by atoms with E-state index in [4.69, 9.17) is 4.74 Å². The molecule has 0 saturated heterocycles. The second kappa shape index (κ2) is 5.96. The van der Waals surface area contributed by atoms with E-state index < -0.39 is 10.9 Å². The van der Waals surface area contributed by atoms with Gasteiger partial charge in [-0.2, -0.15) is 4.37 Å². The molecule has 0 atom stereocenters. The van der Waals surface area contributed by atoms with Gasteiger partial charge >= 0.3 is 5.97 Å². The van der Waals surface area contributed by atoms with Crippen molar-refractivity contribution >= 4 is 23.2 Å². The predicted octanol–water partition coefficient (Wildman–Crippen LogP) is 2.73. The Balaban J connectivity index is 2.18. The first-order valence-electron chi connectivity index (χ1n) is 6.09. The third-order valence-electron chi connectivity index (χ3n) is 3.07. The molecular formula is C13H13N3O4S. The zero-order valence-electron chi connectivity index (χ0n) is 11.7. The van der Waals surface area contributed by atoms with E-state index in [9.17, 15) is 14.9 Å². The van der Waals surface area contributed by atoms with Crippen LogP contribution in [0.15, 0.2) is 11.6 Å². The van der Waals surface area contributed by atoms with Crippen molar-refractivity contribution < 1.29 is 14.5 Å². The normalized spacial score (nSPS) is 10.4. The quantitative estimate of drug-likeness (QED) is 0.489. The molecule has 0 saturated carbocycles. The lowest BCUT2D eigenvalue weighted by Gasteiger charge is -2.08. The summed E-state index contributed by atoms with van der Waals surface area (Å²) in [6.45, 7) is 4.82. The summed E-state index contributed by atoms with van der Waals surface area (Å²) in [5, 5.41) is 12.6. The molecule has 0 fully saturated rings. The fraction of sp³-hybridized carbons (Fsp3) is 0.308. The SMILES string of the molecule is Cc1cnc(COC(=O)c2csnc2C)c(C)c1[N+](=O)[O-]. The number of carbonyl (C=O) groups is 1. The van der Waals surface area contributed by atoms with Crippen LogP contribution in [0.4, 0.5) is 5.69 Å². The number of hydrogen-bond donors (Lipinski definition) is 0. The van der Waals surface area contributed by atoms with Crippen LogP contribution in [0.3, 0.4) is 0 Å². The van der Waals surface area contributed by atoms with Crippen LogP contribution in [0.1, 0.15) is 32.9 Å². The van der Waals surface area contributed by atoms with Crippen LogP contribution in [0, 0.1) is 30.9 Å². The van der Waals surface area contributed by atoms with Crippen LogP contribution in [0.2, 0.25) is 0 Å². The number of rotatable bonds is 4. The van der Waals surface area contributed by atoms with Crippen molar-refractivity contribution in [2.75, 3.05) is 0 Å². The summed E-state index contributed by atoms with van der Waals surface area (Å²) in [4.78, 5) is 26.6. The topological polar surface area (TPSA) is 95.2 Å². The van der Waals surface area contributed by atoms with Crippen molar-refractivity contribution in [3.05, 3.63) is 49.8 Å². The van der Waals surface area contributed by atoms with Gasteiger partial charge in [0.2, 0.25) is 0 Å². The Morgan fingerprint density at radius 1 is 1.43 bits per heavy atom. The van der Waals surface area contributed by atoms with Gasteiger partial charge in [0.05, 0.1) is 27.4 Å². The Labute approximate surface area is 124 Å². The van der Waals surface area contributed by atoms with Gasteiger partial charge in [-0.1, -0.05) is 0 Å². The fourth-order valence-electron chi connectivity index (χ4n) is 1.89. The highest BCUT2D eigenvalue weighted by atomic mass is 32.1. The maximum Gasteiger partial charge on any atom is 0.341 e. The number of aryl methyl sites for hydroxylation is 2. The number of pyridine rings is 1. The van der Waals surface area contributed by atoms with E-state index >= 15 is 0 Å². The molecule has 0 aliphatic carbocycles. The lowest BCUT2D eigenvalue weighted by molar-refractivity contribution is -0.386. The summed E-state index contributed by atoms with van der Waals surface area (Å²) < 4.78 is 9.15. The smallest absolute Gasteiger partial charge is 0.341 e. The molecule has 0 radical (unpaired) electrons. The standard InChI is InChI=1S/C13H13N3O4S/c1-7-4-14-11(8(2)12(7)16(18)19)5-20-13(17)10-6-21-15-9(10)3/h4,6H,5H2,1-3H3. The third-order valence-corrected chi connectivity index (χ3v) is 3.79. The fourth-order valence-corrected chi connectivity index (χ4v) is 2.57. The highest BCUT2D eigenvalue weighted by Crippen LogP contribution is 2.24. The van der Waals surface area contributed by atoms with Gasteiger partial charge in [-0.25, -0.2) is 4.79 Å². The van der Waals surface area contributed by atoms with E-state index in [0.717, 1.165) is 0 Å². The van der Waals surface area contributed by atoms with Crippen molar-refractivity contribution in [2.24, 2.45) is 0 Å². The van der Waals surface area contributed by atoms with Crippen LogP contribution in [-0.2, 0) is 11.3 Å². The van der Waals surface area contributed by atoms with Gasteiger partial charge in [0, 0.05) is 17.1 Å². The molecule has 2 rings (SSSR count). The molecule has 21 heavy (non-hydrogen) atoms. The molecule has 0 aliphatic rings. The van der Waals surface area contributed by atoms with Crippen LogP contribution in [0.5, 0.6) is 0 Å². The Kier molecular flexibility index (Phi) is 4.27. The van der Waals surface area contributed by atoms with E-state index in [0.29, 0.717) is 28.1 Å². The largest absolute Gasteiger partial charge is 0.455 e. The Bertz CT molecular complexity index is 711. The lowest BCUT2D eigenvalue weighted by Crippen LogP contribution is -2.09. The van der Waals surface area contributed by atoms with Gasteiger partial charge in [-0.3, -0.25) is 15.1 Å². The van der Waals surface area contributed by atoms with E-state index in [-0.39, 0.29) is 12.3 Å². The first-order valence-corrected chi connectivity index (χ1v) is 6.93. The average molecular weight is 307 g/mol. The van der Waals surface area contributed by atoms with Gasteiger partial charge in [-0.05, 0) is 32.3 Å². The zero-order chi connectivity index (χ0) is 15.6. The second-order valence-corrected chi connectivity index (χ2v) is 5.14. The number of carbonyl (C=O) groups excluding carboxylic acids is 1. The molecule has 0 aromatic carbocycles. The summed E-state index contributed by atoms with van der Waals surface area (Å²) in [6.07, 6.45) is 1.41. The minimum atomic E-state index is -0.509. The number of esters is 1.